The summed E-state index contributed by atoms with van der Waals surface area (Å²) in [5.74, 6) is 2.64. The number of carbonyl (C=O) groups is 1. The first kappa shape index (κ1) is 15.1. The van der Waals surface area contributed by atoms with Crippen LogP contribution >= 0.6 is 11.3 Å². The van der Waals surface area contributed by atoms with Crippen molar-refractivity contribution in [2.75, 3.05) is 6.61 Å². The molecule has 1 atom stereocenters. The number of hydrogen-bond acceptors (Lipinski definition) is 5. The van der Waals surface area contributed by atoms with Gasteiger partial charge in [-0.05, 0) is 38.1 Å². The minimum absolute atomic E-state index is 0.269. The monoisotopic (exact) mass is 301 g/mol. The number of nitrogens with zero attached hydrogens (tertiary/aromatic N) is 1. The lowest BCUT2D eigenvalue weighted by molar-refractivity contribution is 0.0433. The van der Waals surface area contributed by atoms with Crippen molar-refractivity contribution in [2.45, 2.75) is 20.0 Å². The van der Waals surface area contributed by atoms with E-state index in [1.165, 1.54) is 11.3 Å². The van der Waals surface area contributed by atoms with E-state index < -0.39 is 12.1 Å². The predicted molar refractivity (Wildman–Crippen MR) is 82.4 cm³/mol. The number of carbonyl (C=O) groups excluding carboxylic acids is 1. The Labute approximate surface area is 127 Å². The first-order chi connectivity index (χ1) is 10.1. The average Bonchev–Trinajstić information content (AvgIpc) is 2.98. The molecule has 0 spiro atoms. The highest BCUT2D eigenvalue weighted by Crippen LogP contribution is 2.26. The minimum Gasteiger partial charge on any atom is -0.494 e. The third kappa shape index (κ3) is 3.83. The van der Waals surface area contributed by atoms with Crippen LogP contribution in [0.2, 0.25) is 0 Å². The summed E-state index contributed by atoms with van der Waals surface area (Å²) in [5.41, 5.74) is 1.19. The van der Waals surface area contributed by atoms with Crippen molar-refractivity contribution >= 4 is 17.3 Å². The predicted octanol–water partition coefficient (Wildman–Crippen LogP) is 3.39. The Morgan fingerprint density at radius 3 is 2.76 bits per heavy atom. The van der Waals surface area contributed by atoms with Gasteiger partial charge in [0.15, 0.2) is 11.8 Å². The van der Waals surface area contributed by atoms with Gasteiger partial charge in [0, 0.05) is 10.9 Å². The Bertz CT molecular complexity index is 655. The van der Waals surface area contributed by atoms with Crippen LogP contribution in [0.15, 0.2) is 29.6 Å². The molecule has 21 heavy (non-hydrogen) atoms. The molecule has 0 saturated heterocycles. The van der Waals surface area contributed by atoms with Gasteiger partial charge in [-0.15, -0.1) is 17.8 Å². The number of benzene rings is 1. The van der Waals surface area contributed by atoms with Crippen molar-refractivity contribution in [3.8, 4) is 28.7 Å². The first-order valence-electron chi connectivity index (χ1n) is 6.50. The molecule has 0 aliphatic carbocycles. The van der Waals surface area contributed by atoms with Crippen LogP contribution in [0.25, 0.3) is 10.6 Å². The molecule has 1 heterocycles. The Kier molecular flexibility index (Phi) is 4.96. The highest BCUT2D eigenvalue weighted by molar-refractivity contribution is 7.13. The van der Waals surface area contributed by atoms with Crippen LogP contribution in [0.5, 0.6) is 5.75 Å². The third-order valence-electron chi connectivity index (χ3n) is 2.64. The zero-order chi connectivity index (χ0) is 15.2. The van der Waals surface area contributed by atoms with Crippen molar-refractivity contribution in [2.24, 2.45) is 0 Å². The molecule has 2 aromatic rings. The Balaban J connectivity index is 2.12. The molecule has 0 N–H and O–H groups in total. The third-order valence-corrected chi connectivity index (χ3v) is 3.54. The molecular weight excluding hydrogens is 286 g/mol. The molecule has 0 fully saturated rings. The van der Waals surface area contributed by atoms with Gasteiger partial charge in [-0.3, -0.25) is 0 Å². The molecule has 108 valence electrons. The van der Waals surface area contributed by atoms with Gasteiger partial charge in [0.25, 0.3) is 0 Å². The van der Waals surface area contributed by atoms with Gasteiger partial charge in [-0.2, -0.15) is 0 Å². The molecule has 4 nitrogen and oxygen atoms in total. The SMILES string of the molecule is C#C[C@H](C)OC(=O)c1csc(-c2ccc(OCC)cc2)n1. The lowest BCUT2D eigenvalue weighted by atomic mass is 10.2. The van der Waals surface area contributed by atoms with Gasteiger partial charge in [-0.25, -0.2) is 9.78 Å². The fourth-order valence-electron chi connectivity index (χ4n) is 1.62. The summed E-state index contributed by atoms with van der Waals surface area (Å²) in [5, 5.41) is 2.41. The van der Waals surface area contributed by atoms with Gasteiger partial charge in [0.2, 0.25) is 0 Å². The van der Waals surface area contributed by atoms with E-state index in [9.17, 15) is 4.79 Å². The molecule has 0 aliphatic heterocycles. The minimum atomic E-state index is -0.562. The summed E-state index contributed by atoms with van der Waals surface area (Å²) >= 11 is 1.38. The summed E-state index contributed by atoms with van der Waals surface area (Å²) in [6.07, 6.45) is 4.61. The highest BCUT2D eigenvalue weighted by Gasteiger charge is 2.15. The van der Waals surface area contributed by atoms with E-state index in [0.717, 1.165) is 16.3 Å². The number of terminal acetylenes is 1. The summed E-state index contributed by atoms with van der Waals surface area (Å²) < 4.78 is 10.4. The summed E-state index contributed by atoms with van der Waals surface area (Å²) in [7, 11) is 0. The van der Waals surface area contributed by atoms with E-state index in [1.54, 1.807) is 12.3 Å². The zero-order valence-electron chi connectivity index (χ0n) is 11.8. The Morgan fingerprint density at radius 1 is 1.43 bits per heavy atom. The standard InChI is InChI=1S/C16H15NO3S/c1-4-11(3)20-16(18)14-10-21-15(17-14)12-6-8-13(9-7-12)19-5-2/h1,6-11H,5H2,2-3H3/t11-/m0/s1. The molecule has 0 aliphatic rings. The number of esters is 1. The van der Waals surface area contributed by atoms with Crippen LogP contribution in [0.4, 0.5) is 0 Å². The smallest absolute Gasteiger partial charge is 0.359 e. The quantitative estimate of drug-likeness (QED) is 0.627. The maximum atomic E-state index is 11.8. The highest BCUT2D eigenvalue weighted by atomic mass is 32.1. The van der Waals surface area contributed by atoms with Crippen LogP contribution < -0.4 is 4.74 Å². The second kappa shape index (κ2) is 6.91. The van der Waals surface area contributed by atoms with Gasteiger partial charge in [0.05, 0.1) is 6.61 Å². The van der Waals surface area contributed by atoms with Gasteiger partial charge >= 0.3 is 5.97 Å². The topological polar surface area (TPSA) is 48.4 Å². The summed E-state index contributed by atoms with van der Waals surface area (Å²) in [6.45, 7) is 4.20. The molecule has 1 aromatic heterocycles. The number of hydrogen-bond donors (Lipinski definition) is 0. The Morgan fingerprint density at radius 2 is 2.14 bits per heavy atom. The van der Waals surface area contributed by atoms with Crippen molar-refractivity contribution < 1.29 is 14.3 Å². The van der Waals surface area contributed by atoms with Gasteiger partial charge in [-0.1, -0.05) is 5.92 Å². The molecule has 5 heteroatoms. The molecule has 0 saturated carbocycles. The first-order valence-corrected chi connectivity index (χ1v) is 7.38. The van der Waals surface area contributed by atoms with Crippen molar-refractivity contribution in [3.63, 3.8) is 0 Å². The average molecular weight is 301 g/mol. The van der Waals surface area contributed by atoms with E-state index >= 15 is 0 Å². The molecule has 0 unspecified atom stereocenters. The van der Waals surface area contributed by atoms with Crippen molar-refractivity contribution in [3.05, 3.63) is 35.3 Å². The van der Waals surface area contributed by atoms with Crippen molar-refractivity contribution in [1.29, 1.82) is 0 Å². The van der Waals surface area contributed by atoms with E-state index in [1.807, 2.05) is 31.2 Å². The fourth-order valence-corrected chi connectivity index (χ4v) is 2.41. The molecule has 1 aromatic carbocycles. The van der Waals surface area contributed by atoms with Crippen molar-refractivity contribution in [1.82, 2.24) is 4.98 Å². The maximum absolute atomic E-state index is 11.8. The lowest BCUT2D eigenvalue weighted by Gasteiger charge is -2.04. The lowest BCUT2D eigenvalue weighted by Crippen LogP contribution is -2.13. The van der Waals surface area contributed by atoms with Crippen LogP contribution in [0.3, 0.4) is 0 Å². The van der Waals surface area contributed by atoms with Gasteiger partial charge < -0.3 is 9.47 Å². The zero-order valence-corrected chi connectivity index (χ0v) is 12.6. The van der Waals surface area contributed by atoms with E-state index in [0.29, 0.717) is 6.61 Å². The molecule has 0 bridgehead atoms. The number of rotatable bonds is 5. The second-order valence-corrected chi connectivity index (χ2v) is 5.07. The fraction of sp³-hybridized carbons (Fsp3) is 0.250. The van der Waals surface area contributed by atoms with E-state index in [-0.39, 0.29) is 5.69 Å². The maximum Gasteiger partial charge on any atom is 0.359 e. The Hall–Kier alpha value is -2.32. The van der Waals surface area contributed by atoms with E-state index in [2.05, 4.69) is 10.9 Å². The normalized spacial score (nSPS) is 11.5. The molecule has 0 amide bonds. The molecule has 0 radical (unpaired) electrons. The largest absolute Gasteiger partial charge is 0.494 e. The van der Waals surface area contributed by atoms with Crippen LogP contribution in [0, 0.1) is 12.3 Å². The number of thiazole rings is 1. The second-order valence-electron chi connectivity index (χ2n) is 4.21. The van der Waals surface area contributed by atoms with Crippen LogP contribution in [0.1, 0.15) is 24.3 Å². The molecular formula is C16H15NO3S. The number of ether oxygens (including phenoxy) is 2. The molecule has 2 rings (SSSR count). The van der Waals surface area contributed by atoms with Crippen LogP contribution in [-0.4, -0.2) is 23.7 Å². The summed E-state index contributed by atoms with van der Waals surface area (Å²) in [4.78, 5) is 16.1. The van der Waals surface area contributed by atoms with E-state index in [4.69, 9.17) is 15.9 Å². The van der Waals surface area contributed by atoms with Gasteiger partial charge in [0.1, 0.15) is 10.8 Å². The summed E-state index contributed by atoms with van der Waals surface area (Å²) in [6, 6.07) is 7.56. The van der Waals surface area contributed by atoms with Crippen LogP contribution in [-0.2, 0) is 4.74 Å². The number of aromatic nitrogens is 1.